The van der Waals surface area contributed by atoms with Crippen molar-refractivity contribution in [3.05, 3.63) is 33.1 Å². The number of aromatic nitrogens is 2. The number of aliphatic hydroxyl groups excluding tert-OH is 1. The lowest BCUT2D eigenvalue weighted by Gasteiger charge is -2.17. The summed E-state index contributed by atoms with van der Waals surface area (Å²) in [5.41, 5.74) is -1.35. The summed E-state index contributed by atoms with van der Waals surface area (Å²) in [6, 6.07) is 1.10. The average molecular weight is 306 g/mol. The lowest BCUT2D eigenvalue weighted by molar-refractivity contribution is -0.0560. The summed E-state index contributed by atoms with van der Waals surface area (Å²) in [5.74, 6) is 0.248. The zero-order chi connectivity index (χ0) is 14.7. The molecule has 0 aromatic carbocycles. The minimum absolute atomic E-state index is 0.248. The molecule has 0 spiro atoms. The second-order valence-corrected chi connectivity index (χ2v) is 5.06. The van der Waals surface area contributed by atoms with Crippen LogP contribution in [0.15, 0.2) is 21.9 Å². The van der Waals surface area contributed by atoms with Crippen molar-refractivity contribution in [3.8, 4) is 0 Å². The van der Waals surface area contributed by atoms with Gasteiger partial charge in [-0.1, -0.05) is 0 Å². The van der Waals surface area contributed by atoms with Crippen molar-refractivity contribution in [2.75, 3.05) is 18.8 Å². The Hall–Kier alpha value is -1.16. The van der Waals surface area contributed by atoms with Crippen LogP contribution >= 0.6 is 11.8 Å². The molecule has 1 saturated heterocycles. The van der Waals surface area contributed by atoms with Crippen LogP contribution in [0.4, 0.5) is 4.39 Å². The number of hydrogen-bond donors (Lipinski definition) is 2. The van der Waals surface area contributed by atoms with Crippen molar-refractivity contribution in [1.82, 2.24) is 9.55 Å². The Balaban J connectivity index is 2.25. The minimum Gasteiger partial charge on any atom is -0.394 e. The normalized spacial score (nSPS) is 29.8. The number of H-pyrrole nitrogens is 1. The molecule has 0 bridgehead atoms. The number of thioether (sulfide) groups is 1. The van der Waals surface area contributed by atoms with Crippen molar-refractivity contribution in [1.29, 1.82) is 0 Å². The van der Waals surface area contributed by atoms with Gasteiger partial charge >= 0.3 is 5.69 Å². The van der Waals surface area contributed by atoms with E-state index < -0.39 is 42.5 Å². The molecule has 1 aliphatic rings. The molecule has 1 fully saturated rings. The van der Waals surface area contributed by atoms with Gasteiger partial charge in [0.05, 0.1) is 12.5 Å². The highest BCUT2D eigenvalue weighted by atomic mass is 32.2. The molecule has 2 rings (SSSR count). The first kappa shape index (κ1) is 15.2. The van der Waals surface area contributed by atoms with E-state index in [9.17, 15) is 19.1 Å². The molecule has 1 aliphatic heterocycles. The minimum atomic E-state index is -1.62. The number of ether oxygens (including phenoxy) is 2. The maximum absolute atomic E-state index is 14.4. The topological polar surface area (TPSA) is 93.5 Å². The van der Waals surface area contributed by atoms with E-state index in [0.717, 1.165) is 16.8 Å². The van der Waals surface area contributed by atoms with Gasteiger partial charge in [0.2, 0.25) is 0 Å². The van der Waals surface area contributed by atoms with Crippen molar-refractivity contribution in [3.63, 3.8) is 0 Å². The molecule has 7 nitrogen and oxygen atoms in total. The van der Waals surface area contributed by atoms with E-state index >= 15 is 0 Å². The predicted octanol–water partition coefficient (Wildman–Crippen LogP) is -0.530. The molecule has 1 unspecified atom stereocenters. The number of alkyl halides is 1. The highest BCUT2D eigenvalue weighted by molar-refractivity contribution is 7.98. The Morgan fingerprint density at radius 3 is 2.95 bits per heavy atom. The van der Waals surface area contributed by atoms with Gasteiger partial charge in [0.15, 0.2) is 12.4 Å². The van der Waals surface area contributed by atoms with E-state index in [2.05, 4.69) is 0 Å². The Bertz CT molecular complexity index is 562. The molecule has 9 heteroatoms. The number of hydrogen-bond acceptors (Lipinski definition) is 6. The van der Waals surface area contributed by atoms with Gasteiger partial charge in [-0.3, -0.25) is 14.3 Å². The quantitative estimate of drug-likeness (QED) is 0.710. The Morgan fingerprint density at radius 1 is 1.60 bits per heavy atom. The molecule has 112 valence electrons. The molecular weight excluding hydrogens is 291 g/mol. The Kier molecular flexibility index (Phi) is 4.97. The highest BCUT2D eigenvalue weighted by Crippen LogP contribution is 2.33. The van der Waals surface area contributed by atoms with E-state index in [4.69, 9.17) is 9.47 Å². The molecule has 4 atom stereocenters. The maximum Gasteiger partial charge on any atom is 0.330 e. The van der Waals surface area contributed by atoms with Crippen molar-refractivity contribution >= 4 is 11.8 Å². The lowest BCUT2D eigenvalue weighted by atomic mass is 10.1. The summed E-state index contributed by atoms with van der Waals surface area (Å²) >= 11 is 1.36. The van der Waals surface area contributed by atoms with Crippen LogP contribution in [0.3, 0.4) is 0 Å². The van der Waals surface area contributed by atoms with Crippen LogP contribution in [-0.2, 0) is 9.47 Å². The van der Waals surface area contributed by atoms with Gasteiger partial charge in [-0.25, -0.2) is 9.18 Å². The predicted molar refractivity (Wildman–Crippen MR) is 70.5 cm³/mol. The van der Waals surface area contributed by atoms with Gasteiger partial charge in [0.1, 0.15) is 12.2 Å². The SMILES string of the molecule is CSCOC1[C@H](CO)O[C@H](n2ccc(=O)[nH]c2=O)[C@@H]1F. The number of halogens is 1. The number of aromatic amines is 1. The smallest absolute Gasteiger partial charge is 0.330 e. The van der Waals surface area contributed by atoms with Gasteiger partial charge in [-0.2, -0.15) is 0 Å². The second kappa shape index (κ2) is 6.53. The van der Waals surface area contributed by atoms with Crippen LogP contribution in [0, 0.1) is 0 Å². The van der Waals surface area contributed by atoms with Gasteiger partial charge < -0.3 is 14.6 Å². The summed E-state index contributed by atoms with van der Waals surface area (Å²) in [6.45, 7) is -0.423. The summed E-state index contributed by atoms with van der Waals surface area (Å²) in [5, 5.41) is 9.21. The number of rotatable bonds is 5. The maximum atomic E-state index is 14.4. The first-order valence-electron chi connectivity index (χ1n) is 5.91. The Morgan fingerprint density at radius 2 is 2.35 bits per heavy atom. The van der Waals surface area contributed by atoms with E-state index in [1.54, 1.807) is 6.26 Å². The zero-order valence-corrected chi connectivity index (χ0v) is 11.5. The van der Waals surface area contributed by atoms with Crippen LogP contribution in [0.5, 0.6) is 0 Å². The van der Waals surface area contributed by atoms with Gasteiger partial charge in [0, 0.05) is 12.3 Å². The molecule has 0 amide bonds. The van der Waals surface area contributed by atoms with Crippen LogP contribution in [0.2, 0.25) is 0 Å². The van der Waals surface area contributed by atoms with Crippen LogP contribution in [0.1, 0.15) is 6.23 Å². The fourth-order valence-electron chi connectivity index (χ4n) is 2.04. The largest absolute Gasteiger partial charge is 0.394 e. The summed E-state index contributed by atoms with van der Waals surface area (Å²) in [6.07, 6.45) is -1.73. The fraction of sp³-hybridized carbons (Fsp3) is 0.636. The molecule has 0 aliphatic carbocycles. The van der Waals surface area contributed by atoms with E-state index in [1.807, 2.05) is 4.98 Å². The molecule has 2 N–H and O–H groups in total. The molecule has 2 heterocycles. The number of nitrogens with zero attached hydrogens (tertiary/aromatic N) is 1. The Labute approximate surface area is 117 Å². The van der Waals surface area contributed by atoms with Crippen molar-refractivity contribution in [2.45, 2.75) is 24.6 Å². The zero-order valence-electron chi connectivity index (χ0n) is 10.7. The highest BCUT2D eigenvalue weighted by Gasteiger charge is 2.46. The monoisotopic (exact) mass is 306 g/mol. The number of aliphatic hydroxyl groups is 1. The van der Waals surface area contributed by atoms with E-state index in [0.29, 0.717) is 0 Å². The summed E-state index contributed by atoms with van der Waals surface area (Å²) < 4.78 is 25.9. The average Bonchev–Trinajstić information content (AvgIpc) is 2.73. The standard InChI is InChI=1S/C11H15FN2O5S/c1-20-5-18-9-6(4-15)19-10(8(9)12)14-3-2-7(16)13-11(14)17/h2-3,6,8-10,15H,4-5H2,1H3,(H,13,16,17)/t6-,8+,9?,10-/m0/s1. The summed E-state index contributed by atoms with van der Waals surface area (Å²) in [4.78, 5) is 24.7. The van der Waals surface area contributed by atoms with Crippen LogP contribution in [0.25, 0.3) is 0 Å². The third-order valence-electron chi connectivity index (χ3n) is 2.95. The first-order valence-corrected chi connectivity index (χ1v) is 7.30. The second-order valence-electron chi connectivity index (χ2n) is 4.25. The molecule has 20 heavy (non-hydrogen) atoms. The molecule has 1 aromatic rings. The van der Waals surface area contributed by atoms with Gasteiger partial charge in [0.25, 0.3) is 5.56 Å². The van der Waals surface area contributed by atoms with E-state index in [-0.39, 0.29) is 5.94 Å². The molecule has 0 radical (unpaired) electrons. The van der Waals surface area contributed by atoms with Gasteiger partial charge in [-0.05, 0) is 6.26 Å². The molecule has 0 saturated carbocycles. The summed E-state index contributed by atoms with van der Waals surface area (Å²) in [7, 11) is 0. The molecule has 1 aromatic heterocycles. The fourth-order valence-corrected chi connectivity index (χ4v) is 2.33. The van der Waals surface area contributed by atoms with Gasteiger partial charge in [-0.15, -0.1) is 11.8 Å². The molecular formula is C11H15FN2O5S. The third-order valence-corrected chi connectivity index (χ3v) is 3.32. The first-order chi connectivity index (χ1) is 9.58. The lowest BCUT2D eigenvalue weighted by Crippen LogP contribution is -2.36. The third kappa shape index (κ3) is 2.95. The van der Waals surface area contributed by atoms with Crippen molar-refractivity contribution < 1.29 is 19.0 Å². The number of nitrogens with one attached hydrogen (secondary N) is 1. The van der Waals surface area contributed by atoms with Crippen LogP contribution in [-0.4, -0.2) is 51.8 Å². The van der Waals surface area contributed by atoms with E-state index in [1.165, 1.54) is 11.8 Å². The van der Waals surface area contributed by atoms with Crippen LogP contribution < -0.4 is 11.2 Å². The van der Waals surface area contributed by atoms with Crippen molar-refractivity contribution in [2.24, 2.45) is 0 Å².